The summed E-state index contributed by atoms with van der Waals surface area (Å²) in [6.45, 7) is 3.90. The predicted molar refractivity (Wildman–Crippen MR) is 95.0 cm³/mol. The highest BCUT2D eigenvalue weighted by molar-refractivity contribution is 7.99. The van der Waals surface area contributed by atoms with Gasteiger partial charge in [-0.2, -0.15) is 5.26 Å². The zero-order chi connectivity index (χ0) is 18.8. The fourth-order valence-electron chi connectivity index (χ4n) is 2.31. The second-order valence-electron chi connectivity index (χ2n) is 5.33. The predicted octanol–water partition coefficient (Wildman–Crippen LogP) is 1.54. The number of primary sulfonamides is 1. The van der Waals surface area contributed by atoms with Gasteiger partial charge in [-0.15, -0.1) is 0 Å². The fourth-order valence-corrected chi connectivity index (χ4v) is 3.83. The van der Waals surface area contributed by atoms with Gasteiger partial charge in [0.1, 0.15) is 5.92 Å². The monoisotopic (exact) mass is 379 g/mol. The molecule has 10 heteroatoms. The van der Waals surface area contributed by atoms with Gasteiger partial charge < -0.3 is 9.98 Å². The summed E-state index contributed by atoms with van der Waals surface area (Å²) >= 11 is 1.15. The van der Waals surface area contributed by atoms with E-state index in [0.29, 0.717) is 17.2 Å². The molecule has 0 aliphatic rings. The van der Waals surface area contributed by atoms with Crippen LogP contribution in [-0.2, 0) is 21.4 Å². The van der Waals surface area contributed by atoms with Gasteiger partial charge in [0.05, 0.1) is 27.8 Å². The molecule has 1 atom stereocenters. The number of aryl methyl sites for hydroxylation is 1. The van der Waals surface area contributed by atoms with Crippen LogP contribution in [0.5, 0.6) is 0 Å². The van der Waals surface area contributed by atoms with Crippen LogP contribution in [0.1, 0.15) is 13.8 Å². The first-order valence-corrected chi connectivity index (χ1v) is 9.85. The summed E-state index contributed by atoms with van der Waals surface area (Å²) < 4.78 is 24.8. The van der Waals surface area contributed by atoms with Crippen molar-refractivity contribution in [2.75, 3.05) is 5.75 Å². The molecule has 1 aromatic heterocycles. The van der Waals surface area contributed by atoms with Crippen molar-refractivity contribution in [1.29, 1.82) is 10.7 Å². The topological polar surface area (TPSA) is 143 Å². The first-order valence-electron chi connectivity index (χ1n) is 7.32. The van der Waals surface area contributed by atoms with Crippen LogP contribution in [0.2, 0.25) is 0 Å². The van der Waals surface area contributed by atoms with Crippen molar-refractivity contribution < 1.29 is 13.2 Å². The molecular weight excluding hydrogens is 362 g/mol. The van der Waals surface area contributed by atoms with Gasteiger partial charge in [0.15, 0.2) is 10.9 Å². The summed E-state index contributed by atoms with van der Waals surface area (Å²) in [5, 5.41) is 22.1. The van der Waals surface area contributed by atoms with Crippen molar-refractivity contribution in [1.82, 2.24) is 9.55 Å². The van der Waals surface area contributed by atoms with Gasteiger partial charge >= 0.3 is 0 Å². The van der Waals surface area contributed by atoms with Gasteiger partial charge in [0.25, 0.3) is 0 Å². The number of hydrogen-bond acceptors (Lipinski definition) is 7. The van der Waals surface area contributed by atoms with Crippen LogP contribution in [0.25, 0.3) is 11.0 Å². The molecule has 0 fully saturated rings. The van der Waals surface area contributed by atoms with Crippen molar-refractivity contribution in [2.45, 2.75) is 30.4 Å². The summed E-state index contributed by atoms with van der Waals surface area (Å²) in [4.78, 5) is 16.4. The zero-order valence-corrected chi connectivity index (χ0v) is 15.3. The van der Waals surface area contributed by atoms with Gasteiger partial charge in [-0.1, -0.05) is 11.8 Å². The Hall–Kier alpha value is -2.22. The van der Waals surface area contributed by atoms with Crippen LogP contribution in [-0.4, -0.2) is 35.2 Å². The Labute approximate surface area is 149 Å². The highest BCUT2D eigenvalue weighted by Crippen LogP contribution is 2.26. The van der Waals surface area contributed by atoms with Crippen molar-refractivity contribution in [2.24, 2.45) is 11.1 Å². The Bertz CT molecular complexity index is 988. The summed E-state index contributed by atoms with van der Waals surface area (Å²) in [7, 11) is -3.82. The number of rotatable bonds is 7. The van der Waals surface area contributed by atoms with E-state index in [1.807, 2.05) is 17.6 Å². The average Bonchev–Trinajstić information content (AvgIpc) is 2.88. The quantitative estimate of drug-likeness (QED) is 0.552. The number of carbonyl (C=O) groups excluding carboxylic acids is 1. The Morgan fingerprint density at radius 1 is 1.52 bits per heavy atom. The lowest BCUT2D eigenvalue weighted by Crippen LogP contribution is -2.21. The van der Waals surface area contributed by atoms with Gasteiger partial charge in [-0.05, 0) is 32.0 Å². The number of sulfonamides is 1. The Kier molecular flexibility index (Phi) is 5.62. The molecule has 0 bridgehead atoms. The van der Waals surface area contributed by atoms with Crippen LogP contribution < -0.4 is 5.14 Å². The second-order valence-corrected chi connectivity index (χ2v) is 7.84. The van der Waals surface area contributed by atoms with Gasteiger partial charge in [-0.25, -0.2) is 18.5 Å². The van der Waals surface area contributed by atoms with E-state index in [1.165, 1.54) is 19.1 Å². The zero-order valence-electron chi connectivity index (χ0n) is 13.7. The van der Waals surface area contributed by atoms with E-state index in [1.54, 1.807) is 6.07 Å². The molecule has 0 spiro atoms. The molecule has 0 saturated heterocycles. The molecule has 2 rings (SSSR count). The lowest BCUT2D eigenvalue weighted by atomic mass is 10.0. The normalized spacial score (nSPS) is 12.7. The molecule has 2 aromatic rings. The number of nitrogens with zero attached hydrogens (tertiary/aromatic N) is 3. The van der Waals surface area contributed by atoms with Crippen LogP contribution in [0.4, 0.5) is 0 Å². The number of fused-ring (bicyclic) bond motifs is 1. The van der Waals surface area contributed by atoms with Crippen LogP contribution in [0.15, 0.2) is 28.3 Å². The van der Waals surface area contributed by atoms with E-state index in [2.05, 4.69) is 4.98 Å². The number of hydrogen-bond donors (Lipinski definition) is 2. The van der Waals surface area contributed by atoms with E-state index in [9.17, 15) is 13.2 Å². The Morgan fingerprint density at radius 2 is 2.20 bits per heavy atom. The smallest absolute Gasteiger partial charge is 0.238 e. The van der Waals surface area contributed by atoms with E-state index in [-0.39, 0.29) is 22.1 Å². The second kappa shape index (κ2) is 7.35. The standard InChI is InChI=1S/C15H17N5O3S2/c1-3-20-13-5-4-10(25(18,22)23)6-12(13)19-15(20)24-8-14(21)11(7-16)9(2)17/h4-6,11,17H,3,8H2,1-2H3,(H2,18,22,23)/t11-/m0/s1. The maximum atomic E-state index is 12.1. The Balaban J connectivity index is 2.34. The van der Waals surface area contributed by atoms with Gasteiger partial charge in [0.2, 0.25) is 10.0 Å². The van der Waals surface area contributed by atoms with E-state index < -0.39 is 15.9 Å². The summed E-state index contributed by atoms with van der Waals surface area (Å²) in [5.74, 6) is -1.42. The molecule has 0 saturated carbocycles. The molecule has 1 aromatic carbocycles. The third kappa shape index (κ3) is 4.07. The molecule has 132 valence electrons. The van der Waals surface area contributed by atoms with Crippen molar-refractivity contribution in [3.8, 4) is 6.07 Å². The number of imidazole rings is 1. The number of nitriles is 1. The first-order chi connectivity index (χ1) is 11.7. The fraction of sp³-hybridized carbons (Fsp3) is 0.333. The van der Waals surface area contributed by atoms with E-state index in [4.69, 9.17) is 15.8 Å². The molecule has 0 amide bonds. The maximum Gasteiger partial charge on any atom is 0.238 e. The van der Waals surface area contributed by atoms with Crippen LogP contribution in [0, 0.1) is 22.7 Å². The number of nitrogens with two attached hydrogens (primary N) is 1. The largest absolute Gasteiger partial charge is 0.319 e. The summed E-state index contributed by atoms with van der Waals surface area (Å²) in [6.07, 6.45) is 0. The molecule has 0 aliphatic carbocycles. The van der Waals surface area contributed by atoms with Crippen LogP contribution in [0.3, 0.4) is 0 Å². The number of carbonyl (C=O) groups is 1. The van der Waals surface area contributed by atoms with Crippen LogP contribution >= 0.6 is 11.8 Å². The number of Topliss-reactive ketones (excluding diaryl/α,β-unsaturated/α-hetero) is 1. The minimum atomic E-state index is -3.82. The maximum absolute atomic E-state index is 12.1. The molecule has 3 N–H and O–H groups in total. The molecular formula is C15H17N5O3S2. The molecule has 0 radical (unpaired) electrons. The minimum Gasteiger partial charge on any atom is -0.319 e. The van der Waals surface area contributed by atoms with Gasteiger partial charge in [0, 0.05) is 12.3 Å². The molecule has 8 nitrogen and oxygen atoms in total. The SMILES string of the molecule is CCn1c(SCC(=O)[C@@H](C#N)C(C)=N)nc2cc(S(N)(=O)=O)ccc21. The Morgan fingerprint density at radius 3 is 2.72 bits per heavy atom. The number of nitrogens with one attached hydrogen (secondary N) is 1. The third-order valence-electron chi connectivity index (χ3n) is 3.56. The molecule has 0 unspecified atom stereocenters. The lowest BCUT2D eigenvalue weighted by Gasteiger charge is -2.07. The summed E-state index contributed by atoms with van der Waals surface area (Å²) in [6, 6.07) is 6.25. The highest BCUT2D eigenvalue weighted by Gasteiger charge is 2.21. The molecule has 0 aliphatic heterocycles. The van der Waals surface area contributed by atoms with Crippen molar-refractivity contribution in [3.63, 3.8) is 0 Å². The first kappa shape index (κ1) is 19.1. The average molecular weight is 379 g/mol. The molecule has 1 heterocycles. The summed E-state index contributed by atoms with van der Waals surface area (Å²) in [5.41, 5.74) is 1.20. The number of thioether (sulfide) groups is 1. The number of benzene rings is 1. The van der Waals surface area contributed by atoms with E-state index in [0.717, 1.165) is 17.3 Å². The van der Waals surface area contributed by atoms with Gasteiger partial charge in [-0.3, -0.25) is 4.79 Å². The highest BCUT2D eigenvalue weighted by atomic mass is 32.2. The molecule has 25 heavy (non-hydrogen) atoms. The van der Waals surface area contributed by atoms with Crippen molar-refractivity contribution >= 4 is 44.3 Å². The van der Waals surface area contributed by atoms with Crippen molar-refractivity contribution in [3.05, 3.63) is 18.2 Å². The minimum absolute atomic E-state index is 0.000185. The number of aromatic nitrogens is 2. The number of ketones is 1. The third-order valence-corrected chi connectivity index (χ3v) is 5.47. The lowest BCUT2D eigenvalue weighted by molar-refractivity contribution is -0.117. The van der Waals surface area contributed by atoms with E-state index >= 15 is 0 Å².